The molecule has 0 spiro atoms. The van der Waals surface area contributed by atoms with Gasteiger partial charge in [-0.3, -0.25) is 9.59 Å². The van der Waals surface area contributed by atoms with Gasteiger partial charge < -0.3 is 19.3 Å². The van der Waals surface area contributed by atoms with E-state index in [0.29, 0.717) is 31.0 Å². The smallest absolute Gasteiger partial charge is 0.338 e. The molecule has 2 atom stereocenters. The molecule has 0 N–H and O–H groups in total. The third-order valence-electron chi connectivity index (χ3n) is 6.15. The number of hydrogen-bond acceptors (Lipinski definition) is 9. The van der Waals surface area contributed by atoms with Crippen LogP contribution in [-0.2, 0) is 23.9 Å². The van der Waals surface area contributed by atoms with Gasteiger partial charge in [0.1, 0.15) is 0 Å². The zero-order chi connectivity index (χ0) is 25.1. The van der Waals surface area contributed by atoms with Gasteiger partial charge in [0.15, 0.2) is 5.17 Å². The molecule has 35 heavy (non-hydrogen) atoms. The minimum atomic E-state index is -0.414. The molecule has 1 fully saturated rings. The van der Waals surface area contributed by atoms with Crippen LogP contribution in [-0.4, -0.2) is 58.6 Å². The van der Waals surface area contributed by atoms with Crippen LogP contribution in [0.1, 0.15) is 58.6 Å². The highest BCUT2D eigenvalue weighted by atomic mass is 32.2. The van der Waals surface area contributed by atoms with Gasteiger partial charge in [-0.15, -0.1) is 0 Å². The normalized spacial score (nSPS) is 22.1. The van der Waals surface area contributed by atoms with Crippen LogP contribution in [0.15, 0.2) is 44.2 Å². The predicted molar refractivity (Wildman–Crippen MR) is 136 cm³/mol. The Balaban J connectivity index is 1.56. The fraction of sp³-hybridized carbons (Fsp3) is 0.520. The molecule has 3 aliphatic rings. The average Bonchev–Trinajstić information content (AvgIpc) is 3.48. The molecule has 3 aliphatic heterocycles. The van der Waals surface area contributed by atoms with Crippen molar-refractivity contribution in [2.75, 3.05) is 19.7 Å². The zero-order valence-electron chi connectivity index (χ0n) is 20.5. The minimum absolute atomic E-state index is 0.0475. The molecule has 0 saturated carbocycles. The third-order valence-corrected chi connectivity index (χ3v) is 7.74. The summed E-state index contributed by atoms with van der Waals surface area (Å²) in [5.41, 5.74) is 2.86. The van der Waals surface area contributed by atoms with E-state index >= 15 is 0 Å². The highest BCUT2D eigenvalue weighted by Crippen LogP contribution is 2.45. The number of ether oxygens (including phenoxy) is 2. The maximum absolute atomic E-state index is 13.3. The number of likely N-dealkylation sites (tertiary alicyclic amines) is 1. The number of amides is 1. The van der Waals surface area contributed by atoms with Crippen LogP contribution in [0.2, 0.25) is 0 Å². The lowest BCUT2D eigenvalue weighted by Crippen LogP contribution is -2.44. The van der Waals surface area contributed by atoms with Crippen molar-refractivity contribution in [3.8, 4) is 0 Å². The number of fused-ring (bicyclic) bond motifs is 1. The molecular formula is C25H31N3O5S2. The first kappa shape index (κ1) is 25.5. The molecule has 10 heteroatoms. The molecule has 1 aromatic heterocycles. The van der Waals surface area contributed by atoms with Gasteiger partial charge in [-0.25, -0.2) is 9.79 Å². The number of esters is 2. The highest BCUT2D eigenvalue weighted by molar-refractivity contribution is 8.16. The van der Waals surface area contributed by atoms with Crippen molar-refractivity contribution in [2.24, 2.45) is 10.9 Å². The van der Waals surface area contributed by atoms with Gasteiger partial charge in [0.2, 0.25) is 5.91 Å². The zero-order valence-corrected chi connectivity index (χ0v) is 22.1. The Morgan fingerprint density at radius 2 is 2.09 bits per heavy atom. The molecule has 1 amide bonds. The Bertz CT molecular complexity index is 1080. The number of piperidine rings is 1. The van der Waals surface area contributed by atoms with Crippen LogP contribution >= 0.6 is 23.1 Å². The summed E-state index contributed by atoms with van der Waals surface area (Å²) in [6, 6.07) is 1.58. The number of carbonyl (C=O) groups is 3. The Morgan fingerprint density at radius 1 is 1.29 bits per heavy atom. The van der Waals surface area contributed by atoms with Crippen molar-refractivity contribution in [1.82, 2.24) is 9.80 Å². The Labute approximate surface area is 214 Å². The third kappa shape index (κ3) is 5.48. The quantitative estimate of drug-likeness (QED) is 0.493. The molecule has 0 aliphatic carbocycles. The van der Waals surface area contributed by atoms with Gasteiger partial charge in [0.05, 0.1) is 42.4 Å². The number of aliphatic imine (C=N–C) groups is 1. The molecule has 4 rings (SSSR count). The first-order chi connectivity index (χ1) is 16.8. The molecule has 8 nitrogen and oxygen atoms in total. The predicted octanol–water partition coefficient (Wildman–Crippen LogP) is 4.47. The van der Waals surface area contributed by atoms with Crippen LogP contribution in [0.4, 0.5) is 0 Å². The lowest BCUT2D eigenvalue weighted by atomic mass is 9.95. The summed E-state index contributed by atoms with van der Waals surface area (Å²) >= 11 is 3.01. The van der Waals surface area contributed by atoms with Gasteiger partial charge in [-0.2, -0.15) is 11.3 Å². The van der Waals surface area contributed by atoms with Crippen molar-refractivity contribution in [3.05, 3.63) is 44.8 Å². The number of amidine groups is 1. The van der Waals surface area contributed by atoms with E-state index in [1.807, 2.05) is 47.9 Å². The lowest BCUT2D eigenvalue weighted by Gasteiger charge is -2.37. The van der Waals surface area contributed by atoms with E-state index in [1.54, 1.807) is 23.2 Å². The molecule has 0 bridgehead atoms. The van der Waals surface area contributed by atoms with Crippen molar-refractivity contribution < 1.29 is 23.9 Å². The average molecular weight is 518 g/mol. The minimum Gasteiger partial charge on any atom is -0.466 e. The SMILES string of the molecule is CCOC(=O)C1CCCN(C(=O)CC2=CSC3=NC(C)=C(C(=O)OC(C)C)C(c4ccsc4)N23)C1. The Kier molecular flexibility index (Phi) is 8.01. The first-order valence-corrected chi connectivity index (χ1v) is 13.7. The molecule has 0 aromatic carbocycles. The van der Waals surface area contributed by atoms with Gasteiger partial charge in [-0.05, 0) is 68.3 Å². The number of hydrogen-bond donors (Lipinski definition) is 0. The molecule has 1 aromatic rings. The molecule has 2 unspecified atom stereocenters. The Morgan fingerprint density at radius 3 is 2.77 bits per heavy atom. The number of allylic oxidation sites excluding steroid dienone is 1. The topological polar surface area (TPSA) is 88.5 Å². The summed E-state index contributed by atoms with van der Waals surface area (Å²) in [5, 5.41) is 6.67. The number of thiophene rings is 1. The Hall–Kier alpha value is -2.59. The molecule has 1 saturated heterocycles. The number of carbonyl (C=O) groups excluding carboxylic acids is 3. The summed E-state index contributed by atoms with van der Waals surface area (Å²) in [7, 11) is 0. The monoisotopic (exact) mass is 517 g/mol. The summed E-state index contributed by atoms with van der Waals surface area (Å²) in [6.45, 7) is 8.59. The molecular weight excluding hydrogens is 486 g/mol. The number of thioether (sulfide) groups is 1. The first-order valence-electron chi connectivity index (χ1n) is 11.9. The van der Waals surface area contributed by atoms with Gasteiger partial charge in [0.25, 0.3) is 0 Å². The van der Waals surface area contributed by atoms with Gasteiger partial charge in [0, 0.05) is 18.8 Å². The highest BCUT2D eigenvalue weighted by Gasteiger charge is 2.42. The van der Waals surface area contributed by atoms with E-state index in [4.69, 9.17) is 9.47 Å². The summed E-state index contributed by atoms with van der Waals surface area (Å²) in [5.74, 6) is -0.966. The fourth-order valence-corrected chi connectivity index (χ4v) is 6.22. The van der Waals surface area contributed by atoms with Crippen molar-refractivity contribution >= 4 is 46.1 Å². The summed E-state index contributed by atoms with van der Waals surface area (Å²) < 4.78 is 10.7. The van der Waals surface area contributed by atoms with Gasteiger partial charge >= 0.3 is 11.9 Å². The van der Waals surface area contributed by atoms with E-state index < -0.39 is 12.0 Å². The van der Waals surface area contributed by atoms with E-state index in [2.05, 4.69) is 4.99 Å². The van der Waals surface area contributed by atoms with Crippen LogP contribution in [0.3, 0.4) is 0 Å². The second kappa shape index (κ2) is 11.0. The lowest BCUT2D eigenvalue weighted by molar-refractivity contribution is -0.151. The largest absolute Gasteiger partial charge is 0.466 e. The van der Waals surface area contributed by atoms with Crippen molar-refractivity contribution in [1.29, 1.82) is 0 Å². The second-order valence-corrected chi connectivity index (χ2v) is 10.6. The maximum atomic E-state index is 13.3. The van der Waals surface area contributed by atoms with Crippen LogP contribution < -0.4 is 0 Å². The van der Waals surface area contributed by atoms with E-state index in [0.717, 1.165) is 29.3 Å². The standard InChI is InChI=1S/C25H31N3O5S2/c1-5-32-23(30)17-7-6-9-27(12-17)20(29)11-19-14-35-25-26-16(4)21(24(31)33-15(2)3)22(28(19)25)18-8-10-34-13-18/h8,10,13-15,17,22H,5-7,9,11-12H2,1-4H3. The number of rotatable bonds is 7. The summed E-state index contributed by atoms with van der Waals surface area (Å²) in [6.07, 6.45) is 1.40. The van der Waals surface area contributed by atoms with E-state index in [1.165, 1.54) is 11.8 Å². The van der Waals surface area contributed by atoms with E-state index in [9.17, 15) is 14.4 Å². The second-order valence-electron chi connectivity index (χ2n) is 9.01. The maximum Gasteiger partial charge on any atom is 0.338 e. The van der Waals surface area contributed by atoms with Crippen LogP contribution in [0.25, 0.3) is 0 Å². The molecule has 188 valence electrons. The molecule has 0 radical (unpaired) electrons. The van der Waals surface area contributed by atoms with Crippen molar-refractivity contribution in [2.45, 2.75) is 59.1 Å². The van der Waals surface area contributed by atoms with Crippen molar-refractivity contribution in [3.63, 3.8) is 0 Å². The number of nitrogens with zero attached hydrogens (tertiary/aromatic N) is 3. The molecule has 4 heterocycles. The van der Waals surface area contributed by atoms with Crippen LogP contribution in [0, 0.1) is 5.92 Å². The van der Waals surface area contributed by atoms with E-state index in [-0.39, 0.29) is 30.3 Å². The van der Waals surface area contributed by atoms with Gasteiger partial charge in [-0.1, -0.05) is 11.8 Å². The van der Waals surface area contributed by atoms with Crippen LogP contribution in [0.5, 0.6) is 0 Å². The fourth-order valence-electron chi connectivity index (χ4n) is 4.58. The summed E-state index contributed by atoms with van der Waals surface area (Å²) in [4.78, 5) is 47.1.